The molecule has 0 spiro atoms. The molecule has 0 bridgehead atoms. The Balaban J connectivity index is 0. The minimum absolute atomic E-state index is 0. The fraction of sp³-hybridized carbons (Fsp3) is 0.714. The molecular weight excluding hydrogens is 200 g/mol. The Bertz CT molecular complexity index is 130. The van der Waals surface area contributed by atoms with E-state index in [4.69, 9.17) is 0 Å². The molecule has 4 nitrogen and oxygen atoms in total. The van der Waals surface area contributed by atoms with Gasteiger partial charge in [0, 0.05) is 0 Å². The molecule has 0 aliphatic heterocycles. The predicted molar refractivity (Wildman–Crippen MR) is 37.9 cm³/mol. The summed E-state index contributed by atoms with van der Waals surface area (Å²) in [6, 6.07) is 0. The van der Waals surface area contributed by atoms with Gasteiger partial charge in [-0.1, -0.05) is 0 Å². The van der Waals surface area contributed by atoms with E-state index in [0.29, 0.717) is 0 Å². The number of rotatable bonds is 4. The Morgan fingerprint density at radius 1 is 1.00 bits per heavy atom. The van der Waals surface area contributed by atoms with Crippen LogP contribution in [-0.4, -0.2) is 25.2 Å². The topological polar surface area (TPSA) is 52.6 Å². The maximum atomic E-state index is 10.6. The van der Waals surface area contributed by atoms with Crippen LogP contribution in [0.1, 0.15) is 20.3 Å². The number of hydrogen-bond donors (Lipinski definition) is 0. The maximum Gasteiger partial charge on any atom is 3.00 e. The van der Waals surface area contributed by atoms with Gasteiger partial charge in [0.25, 0.3) is 0 Å². The molecule has 0 aliphatic rings. The van der Waals surface area contributed by atoms with E-state index in [1.165, 1.54) is 0 Å². The first kappa shape index (κ1) is 14.0. The van der Waals surface area contributed by atoms with Gasteiger partial charge in [-0.05, 0) is 13.8 Å². The molecule has 0 aromatic rings. The van der Waals surface area contributed by atoms with Crippen LogP contribution < -0.4 is 0 Å². The van der Waals surface area contributed by atoms with Gasteiger partial charge in [0.05, 0.1) is 13.2 Å². The Hall–Kier alpha value is -0.528. The summed E-state index contributed by atoms with van der Waals surface area (Å²) in [4.78, 5) is 21.2. The van der Waals surface area contributed by atoms with Crippen molar-refractivity contribution >= 4 is 11.9 Å². The molecule has 67 valence electrons. The maximum absolute atomic E-state index is 10.6. The first-order valence-corrected chi connectivity index (χ1v) is 3.52. The van der Waals surface area contributed by atoms with E-state index in [0.717, 1.165) is 0 Å². The molecule has 0 saturated carbocycles. The minimum Gasteiger partial charge on any atom is -0.466 e. The van der Waals surface area contributed by atoms with E-state index in [1.54, 1.807) is 13.8 Å². The van der Waals surface area contributed by atoms with Gasteiger partial charge < -0.3 is 9.47 Å². The molecule has 5 heteroatoms. The van der Waals surface area contributed by atoms with Crippen molar-refractivity contribution in [3.05, 3.63) is 0 Å². The smallest absolute Gasteiger partial charge is 0.466 e. The third kappa shape index (κ3) is 7.58. The second-order valence-corrected chi connectivity index (χ2v) is 1.79. The SMILES string of the molecule is CCOC(=O)CC(=O)OCC.[Cr+3]. The van der Waals surface area contributed by atoms with Crippen molar-refractivity contribution in [2.24, 2.45) is 0 Å². The van der Waals surface area contributed by atoms with Gasteiger partial charge in [-0.15, -0.1) is 0 Å². The molecule has 0 atom stereocenters. The van der Waals surface area contributed by atoms with Crippen molar-refractivity contribution < 1.29 is 36.4 Å². The summed E-state index contributed by atoms with van der Waals surface area (Å²) in [6.07, 6.45) is -0.290. The number of esters is 2. The van der Waals surface area contributed by atoms with E-state index < -0.39 is 11.9 Å². The number of ether oxygens (including phenoxy) is 2. The van der Waals surface area contributed by atoms with Gasteiger partial charge in [-0.2, -0.15) is 0 Å². The van der Waals surface area contributed by atoms with Crippen LogP contribution in [0.15, 0.2) is 0 Å². The monoisotopic (exact) mass is 212 g/mol. The summed E-state index contributed by atoms with van der Waals surface area (Å²) in [6.45, 7) is 3.95. The van der Waals surface area contributed by atoms with Crippen LogP contribution in [0.5, 0.6) is 0 Å². The van der Waals surface area contributed by atoms with Crippen molar-refractivity contribution in [3.8, 4) is 0 Å². The average molecular weight is 212 g/mol. The number of carbonyl (C=O) groups is 2. The van der Waals surface area contributed by atoms with Crippen LogP contribution in [0.4, 0.5) is 0 Å². The van der Waals surface area contributed by atoms with Crippen LogP contribution in [-0.2, 0) is 36.4 Å². The molecule has 0 N–H and O–H groups in total. The number of carbonyl (C=O) groups excluding carboxylic acids is 2. The average Bonchev–Trinajstić information content (AvgIpc) is 1.87. The molecule has 0 saturated heterocycles. The fourth-order valence-corrected chi connectivity index (χ4v) is 0.542. The summed E-state index contributed by atoms with van der Waals surface area (Å²) in [5.41, 5.74) is 0. The van der Waals surface area contributed by atoms with Crippen molar-refractivity contribution in [1.29, 1.82) is 0 Å². The van der Waals surface area contributed by atoms with Crippen molar-refractivity contribution in [3.63, 3.8) is 0 Å². The van der Waals surface area contributed by atoms with E-state index in [9.17, 15) is 9.59 Å². The zero-order valence-electron chi connectivity index (χ0n) is 7.16. The standard InChI is InChI=1S/C7H12O4.Cr/c1-3-10-6(8)5-7(9)11-4-2;/h3-5H2,1-2H3;/q;+3. The molecule has 0 unspecified atom stereocenters. The Morgan fingerprint density at radius 2 is 1.33 bits per heavy atom. The normalized spacial score (nSPS) is 8.17. The van der Waals surface area contributed by atoms with Crippen molar-refractivity contribution in [2.45, 2.75) is 20.3 Å². The van der Waals surface area contributed by atoms with Crippen molar-refractivity contribution in [1.82, 2.24) is 0 Å². The van der Waals surface area contributed by atoms with E-state index in [2.05, 4.69) is 9.47 Å². The third-order valence-corrected chi connectivity index (χ3v) is 0.899. The molecule has 0 aromatic carbocycles. The molecule has 0 aromatic heterocycles. The third-order valence-electron chi connectivity index (χ3n) is 0.899. The van der Waals surface area contributed by atoms with Gasteiger partial charge in [-0.3, -0.25) is 9.59 Å². The molecule has 12 heavy (non-hydrogen) atoms. The van der Waals surface area contributed by atoms with Gasteiger partial charge in [0.2, 0.25) is 0 Å². The van der Waals surface area contributed by atoms with Crippen LogP contribution in [0.3, 0.4) is 0 Å². The second-order valence-electron chi connectivity index (χ2n) is 1.79. The minimum atomic E-state index is -0.536. The van der Waals surface area contributed by atoms with Crippen LogP contribution >= 0.6 is 0 Å². The zero-order chi connectivity index (χ0) is 8.69. The summed E-state index contributed by atoms with van der Waals surface area (Å²) in [5, 5.41) is 0. The summed E-state index contributed by atoms with van der Waals surface area (Å²) < 4.78 is 9.04. The van der Waals surface area contributed by atoms with Crippen LogP contribution in [0, 0.1) is 0 Å². The molecule has 0 rings (SSSR count). The summed E-state index contributed by atoms with van der Waals surface area (Å²) in [7, 11) is 0. The quantitative estimate of drug-likeness (QED) is 0.503. The van der Waals surface area contributed by atoms with Crippen LogP contribution in [0.25, 0.3) is 0 Å². The predicted octanol–water partition coefficient (Wildman–Crippen LogP) is 0.500. The van der Waals surface area contributed by atoms with E-state index >= 15 is 0 Å². The largest absolute Gasteiger partial charge is 3.00 e. The number of hydrogen-bond acceptors (Lipinski definition) is 4. The van der Waals surface area contributed by atoms with E-state index in [-0.39, 0.29) is 37.0 Å². The molecular formula is C7H12CrO4+3. The molecule has 0 amide bonds. The van der Waals surface area contributed by atoms with Crippen molar-refractivity contribution in [2.75, 3.05) is 13.2 Å². The Morgan fingerprint density at radius 3 is 1.58 bits per heavy atom. The molecule has 1 radical (unpaired) electrons. The molecule has 0 aliphatic carbocycles. The first-order chi connectivity index (χ1) is 5.20. The van der Waals surface area contributed by atoms with Crippen LogP contribution in [0.2, 0.25) is 0 Å². The second kappa shape index (κ2) is 8.57. The summed E-state index contributed by atoms with van der Waals surface area (Å²) >= 11 is 0. The zero-order valence-corrected chi connectivity index (χ0v) is 8.44. The van der Waals surface area contributed by atoms with Gasteiger partial charge in [0.1, 0.15) is 6.42 Å². The van der Waals surface area contributed by atoms with E-state index in [1.807, 2.05) is 0 Å². The Kier molecular flexibility index (Phi) is 10.0. The van der Waals surface area contributed by atoms with Gasteiger partial charge in [-0.25, -0.2) is 0 Å². The Labute approximate surface area is 82.4 Å². The fourth-order valence-electron chi connectivity index (χ4n) is 0.542. The van der Waals surface area contributed by atoms with Gasteiger partial charge in [0.15, 0.2) is 0 Å². The first-order valence-electron chi connectivity index (χ1n) is 3.52. The van der Waals surface area contributed by atoms with Gasteiger partial charge >= 0.3 is 29.3 Å². The molecule has 0 heterocycles. The molecule has 0 fully saturated rings. The summed E-state index contributed by atoms with van der Waals surface area (Å²) in [5.74, 6) is -1.07.